The summed E-state index contributed by atoms with van der Waals surface area (Å²) >= 11 is 5.10. The van der Waals surface area contributed by atoms with Gasteiger partial charge in [0.1, 0.15) is 5.75 Å². The Bertz CT molecular complexity index is 441. The number of benzene rings is 1. The van der Waals surface area contributed by atoms with Crippen molar-refractivity contribution in [3.63, 3.8) is 0 Å². The van der Waals surface area contributed by atoms with E-state index in [9.17, 15) is 0 Å². The standard InChI is InChI=1S/C14H21N3OS/c1-10(2)15-14(19)17-16-11(3)9-12-5-7-13(18-4)8-6-12/h5-8,10H,9H2,1-4H3,(H2,15,17,19)/b16-11-. The smallest absolute Gasteiger partial charge is 0.187 e. The van der Waals surface area contributed by atoms with Gasteiger partial charge in [0, 0.05) is 18.2 Å². The molecular weight excluding hydrogens is 258 g/mol. The second-order valence-corrected chi connectivity index (χ2v) is 5.02. The molecule has 0 atom stereocenters. The average Bonchev–Trinajstić information content (AvgIpc) is 2.36. The van der Waals surface area contributed by atoms with E-state index in [0.717, 1.165) is 17.9 Å². The van der Waals surface area contributed by atoms with Gasteiger partial charge in [-0.05, 0) is 50.7 Å². The molecule has 2 N–H and O–H groups in total. The number of rotatable bonds is 5. The van der Waals surface area contributed by atoms with E-state index in [4.69, 9.17) is 17.0 Å². The van der Waals surface area contributed by atoms with Crippen LogP contribution < -0.4 is 15.5 Å². The Hall–Kier alpha value is -1.62. The van der Waals surface area contributed by atoms with Crippen LogP contribution in [0.15, 0.2) is 29.4 Å². The molecule has 0 saturated heterocycles. The fraction of sp³-hybridized carbons (Fsp3) is 0.429. The first-order valence-electron chi connectivity index (χ1n) is 6.24. The second-order valence-electron chi connectivity index (χ2n) is 4.61. The molecule has 0 spiro atoms. The summed E-state index contributed by atoms with van der Waals surface area (Å²) in [5.41, 5.74) is 5.00. The van der Waals surface area contributed by atoms with E-state index in [-0.39, 0.29) is 0 Å². The highest BCUT2D eigenvalue weighted by atomic mass is 32.1. The summed E-state index contributed by atoms with van der Waals surface area (Å²) in [5, 5.41) is 7.87. The number of nitrogens with zero attached hydrogens (tertiary/aromatic N) is 1. The van der Waals surface area contributed by atoms with Gasteiger partial charge < -0.3 is 10.1 Å². The highest BCUT2D eigenvalue weighted by Crippen LogP contribution is 2.11. The van der Waals surface area contributed by atoms with Crippen LogP contribution in [0, 0.1) is 0 Å². The van der Waals surface area contributed by atoms with Gasteiger partial charge in [0.2, 0.25) is 0 Å². The summed E-state index contributed by atoms with van der Waals surface area (Å²) in [5.74, 6) is 0.860. The van der Waals surface area contributed by atoms with Crippen molar-refractivity contribution in [3.8, 4) is 5.75 Å². The summed E-state index contributed by atoms with van der Waals surface area (Å²) in [4.78, 5) is 0. The Labute approximate surface area is 120 Å². The highest BCUT2D eigenvalue weighted by molar-refractivity contribution is 7.80. The molecule has 0 fully saturated rings. The number of thiocarbonyl (C=S) groups is 1. The predicted molar refractivity (Wildman–Crippen MR) is 83.8 cm³/mol. The Balaban J connectivity index is 2.48. The molecule has 0 unspecified atom stereocenters. The van der Waals surface area contributed by atoms with Crippen LogP contribution in [0.1, 0.15) is 26.3 Å². The van der Waals surface area contributed by atoms with E-state index in [0.29, 0.717) is 11.2 Å². The van der Waals surface area contributed by atoms with E-state index in [1.54, 1.807) is 7.11 Å². The SMILES string of the molecule is COc1ccc(C/C(C)=N\NC(=S)NC(C)C)cc1. The number of hydrogen-bond acceptors (Lipinski definition) is 3. The minimum Gasteiger partial charge on any atom is -0.497 e. The van der Waals surface area contributed by atoms with Crippen LogP contribution in [-0.4, -0.2) is 24.0 Å². The maximum atomic E-state index is 5.12. The molecule has 19 heavy (non-hydrogen) atoms. The molecule has 1 rings (SSSR count). The number of ether oxygens (including phenoxy) is 1. The van der Waals surface area contributed by atoms with Gasteiger partial charge in [-0.25, -0.2) is 0 Å². The topological polar surface area (TPSA) is 45.6 Å². The van der Waals surface area contributed by atoms with E-state index >= 15 is 0 Å². The summed E-state index contributed by atoms with van der Waals surface area (Å²) in [6, 6.07) is 8.25. The van der Waals surface area contributed by atoms with E-state index < -0.39 is 0 Å². The van der Waals surface area contributed by atoms with Crippen molar-refractivity contribution in [1.29, 1.82) is 0 Å². The lowest BCUT2D eigenvalue weighted by atomic mass is 10.1. The van der Waals surface area contributed by atoms with Crippen LogP contribution >= 0.6 is 12.2 Å². The molecule has 4 nitrogen and oxygen atoms in total. The molecule has 0 heterocycles. The molecule has 0 radical (unpaired) electrons. The third kappa shape index (κ3) is 6.20. The number of hydrazone groups is 1. The molecule has 0 aliphatic rings. The van der Waals surface area contributed by atoms with Crippen LogP contribution in [0.2, 0.25) is 0 Å². The highest BCUT2D eigenvalue weighted by Gasteiger charge is 1.99. The van der Waals surface area contributed by atoms with Gasteiger partial charge in [-0.2, -0.15) is 5.10 Å². The maximum absolute atomic E-state index is 5.12. The van der Waals surface area contributed by atoms with Crippen LogP contribution in [0.25, 0.3) is 0 Å². The quantitative estimate of drug-likeness (QED) is 0.494. The molecule has 0 aromatic heterocycles. The zero-order valence-corrected chi connectivity index (χ0v) is 12.7. The third-order valence-corrected chi connectivity index (χ3v) is 2.60. The summed E-state index contributed by atoms with van der Waals surface area (Å²) in [7, 11) is 1.66. The van der Waals surface area contributed by atoms with Gasteiger partial charge in [0.15, 0.2) is 5.11 Å². The molecule has 0 aliphatic carbocycles. The predicted octanol–water partition coefficient (Wildman–Crippen LogP) is 2.49. The Kier molecular flexibility index (Phi) is 6.29. The Morgan fingerprint density at radius 2 is 1.95 bits per heavy atom. The van der Waals surface area contributed by atoms with Crippen molar-refractivity contribution < 1.29 is 4.74 Å². The minimum atomic E-state index is 0.303. The molecule has 1 aromatic rings. The largest absolute Gasteiger partial charge is 0.497 e. The summed E-state index contributed by atoms with van der Waals surface area (Å²) in [6.45, 7) is 6.03. The maximum Gasteiger partial charge on any atom is 0.187 e. The first-order chi connectivity index (χ1) is 9.01. The molecule has 1 aromatic carbocycles. The second kappa shape index (κ2) is 7.74. The van der Waals surface area contributed by atoms with Crippen LogP contribution in [0.3, 0.4) is 0 Å². The third-order valence-electron chi connectivity index (χ3n) is 2.39. The first-order valence-corrected chi connectivity index (χ1v) is 6.64. The summed E-state index contributed by atoms with van der Waals surface area (Å²) in [6.07, 6.45) is 0.779. The Morgan fingerprint density at radius 3 is 2.47 bits per heavy atom. The van der Waals surface area contributed by atoms with E-state index in [2.05, 4.69) is 15.8 Å². The normalized spacial score (nSPS) is 11.3. The zero-order valence-electron chi connectivity index (χ0n) is 11.9. The van der Waals surface area contributed by atoms with Gasteiger partial charge in [-0.15, -0.1) is 0 Å². The van der Waals surface area contributed by atoms with Crippen LogP contribution in [0.5, 0.6) is 5.75 Å². The monoisotopic (exact) mass is 279 g/mol. The molecule has 0 aliphatic heterocycles. The van der Waals surface area contributed by atoms with Gasteiger partial charge >= 0.3 is 0 Å². The van der Waals surface area contributed by atoms with Crippen molar-refractivity contribution in [3.05, 3.63) is 29.8 Å². The molecule has 104 valence electrons. The van der Waals surface area contributed by atoms with Gasteiger partial charge in [-0.3, -0.25) is 5.43 Å². The zero-order chi connectivity index (χ0) is 14.3. The molecular formula is C14H21N3OS. The fourth-order valence-electron chi connectivity index (χ4n) is 1.52. The average molecular weight is 279 g/mol. The Morgan fingerprint density at radius 1 is 1.32 bits per heavy atom. The lowest BCUT2D eigenvalue weighted by Crippen LogP contribution is -2.37. The van der Waals surface area contributed by atoms with Crippen molar-refractivity contribution in [2.75, 3.05) is 7.11 Å². The van der Waals surface area contributed by atoms with Gasteiger partial charge in [0.05, 0.1) is 7.11 Å². The number of hydrogen-bond donors (Lipinski definition) is 2. The van der Waals surface area contributed by atoms with Crippen molar-refractivity contribution in [1.82, 2.24) is 10.7 Å². The molecule has 0 bridgehead atoms. The first kappa shape index (κ1) is 15.4. The van der Waals surface area contributed by atoms with Gasteiger partial charge in [0.25, 0.3) is 0 Å². The number of nitrogens with one attached hydrogen (secondary N) is 2. The van der Waals surface area contributed by atoms with Crippen LogP contribution in [-0.2, 0) is 6.42 Å². The number of methoxy groups -OCH3 is 1. The van der Waals surface area contributed by atoms with Crippen molar-refractivity contribution in [2.24, 2.45) is 5.10 Å². The lowest BCUT2D eigenvalue weighted by Gasteiger charge is -2.10. The summed E-state index contributed by atoms with van der Waals surface area (Å²) < 4.78 is 5.12. The lowest BCUT2D eigenvalue weighted by molar-refractivity contribution is 0.414. The molecule has 0 amide bonds. The molecule has 5 heteroatoms. The van der Waals surface area contributed by atoms with Gasteiger partial charge in [-0.1, -0.05) is 12.1 Å². The fourth-order valence-corrected chi connectivity index (χ4v) is 1.80. The van der Waals surface area contributed by atoms with Crippen molar-refractivity contribution >= 4 is 23.0 Å². The minimum absolute atomic E-state index is 0.303. The van der Waals surface area contributed by atoms with E-state index in [1.165, 1.54) is 5.56 Å². The van der Waals surface area contributed by atoms with Crippen molar-refractivity contribution in [2.45, 2.75) is 33.2 Å². The van der Waals surface area contributed by atoms with Crippen LogP contribution in [0.4, 0.5) is 0 Å². The molecule has 0 saturated carbocycles. The van der Waals surface area contributed by atoms with E-state index in [1.807, 2.05) is 45.0 Å².